The molecule has 2 aliphatic heterocycles. The summed E-state index contributed by atoms with van der Waals surface area (Å²) in [5.41, 5.74) is -0.618. The second kappa shape index (κ2) is 15.9. The smallest absolute Gasteiger partial charge is 0.408 e. The number of pyridine rings is 1. The second-order valence-corrected chi connectivity index (χ2v) is 14.5. The maximum absolute atomic E-state index is 14.5. The van der Waals surface area contributed by atoms with Gasteiger partial charge in [0.25, 0.3) is 0 Å². The Hall–Kier alpha value is -4.33. The van der Waals surface area contributed by atoms with Crippen molar-refractivity contribution in [1.82, 2.24) is 20.5 Å². The van der Waals surface area contributed by atoms with Crippen LogP contribution in [0.25, 0.3) is 10.9 Å². The third-order valence-electron chi connectivity index (χ3n) is 10.3. The molecule has 2 saturated carbocycles. The van der Waals surface area contributed by atoms with Gasteiger partial charge in [-0.1, -0.05) is 31.1 Å². The highest BCUT2D eigenvalue weighted by atomic mass is 32.2. The molecule has 0 bridgehead atoms. The van der Waals surface area contributed by atoms with Crippen molar-refractivity contribution in [2.75, 3.05) is 27.0 Å². The van der Waals surface area contributed by atoms with E-state index in [0.717, 1.165) is 49.8 Å². The minimum atomic E-state index is -1.23. The van der Waals surface area contributed by atoms with Gasteiger partial charge >= 0.3 is 18.0 Å². The molecule has 0 radical (unpaired) electrons. The Morgan fingerprint density at radius 2 is 1.80 bits per heavy atom. The molecule has 1 saturated heterocycles. The third kappa shape index (κ3) is 7.95. The van der Waals surface area contributed by atoms with Gasteiger partial charge in [0, 0.05) is 28.7 Å². The average molecular weight is 723 g/mol. The summed E-state index contributed by atoms with van der Waals surface area (Å²) in [5.74, 6) is -2.01. The lowest BCUT2D eigenvalue weighted by Gasteiger charge is -2.29. The summed E-state index contributed by atoms with van der Waals surface area (Å²) in [6, 6.07) is 5.14. The summed E-state index contributed by atoms with van der Waals surface area (Å²) in [7, 11) is 2.56. The van der Waals surface area contributed by atoms with Crippen molar-refractivity contribution in [3.05, 3.63) is 42.1 Å². The first-order chi connectivity index (χ1) is 24.7. The predicted octanol–water partition coefficient (Wildman–Crippen LogP) is 4.70. The van der Waals surface area contributed by atoms with Gasteiger partial charge in [0.1, 0.15) is 35.6 Å². The molecule has 2 aliphatic carbocycles. The van der Waals surface area contributed by atoms with Gasteiger partial charge in [0.05, 0.1) is 26.3 Å². The van der Waals surface area contributed by atoms with Crippen LogP contribution in [0.1, 0.15) is 81.1 Å². The number of benzene rings is 1. The highest BCUT2D eigenvalue weighted by Crippen LogP contribution is 2.46. The number of hydrogen-bond acceptors (Lipinski definition) is 11. The van der Waals surface area contributed by atoms with E-state index in [9.17, 15) is 24.0 Å². The van der Waals surface area contributed by atoms with Crippen LogP contribution in [0.4, 0.5) is 4.79 Å². The standard InChI is InChI=1S/C37H46N4O9S/c1-47-34(44)27-19-29(25-15-11-17-30(51-3)31(25)38-27)49-24-18-28-32(42)40-37(35(45)48-2)20-22(37)12-7-5-4-6-8-16-26(33(43)41(28)21-24)39-36(46)50-23-13-9-10-14-23/h7,11-12,15,17,19,22-24,26,28H,4-6,8-10,13-14,16,18,20-21H2,1-3H3,(H,39,46)(H,40,42)/b12-7-/t22?,24?,26-,28?,37+/m0/s1. The van der Waals surface area contributed by atoms with Crippen molar-refractivity contribution < 1.29 is 42.9 Å². The van der Waals surface area contributed by atoms with Gasteiger partial charge in [0.15, 0.2) is 5.69 Å². The number of para-hydroxylation sites is 1. The molecule has 1 aromatic heterocycles. The van der Waals surface area contributed by atoms with Gasteiger partial charge in [-0.3, -0.25) is 9.59 Å². The summed E-state index contributed by atoms with van der Waals surface area (Å²) < 4.78 is 22.3. The molecule has 3 heterocycles. The Labute approximate surface area is 301 Å². The second-order valence-electron chi connectivity index (χ2n) is 13.7. The van der Waals surface area contributed by atoms with Crippen LogP contribution in [0.5, 0.6) is 5.75 Å². The predicted molar refractivity (Wildman–Crippen MR) is 188 cm³/mol. The zero-order valence-corrected chi connectivity index (χ0v) is 30.1. The van der Waals surface area contributed by atoms with Gasteiger partial charge in [-0.05, 0) is 69.8 Å². The van der Waals surface area contributed by atoms with Crippen LogP contribution in [0.2, 0.25) is 0 Å². The maximum Gasteiger partial charge on any atom is 0.408 e. The zero-order valence-electron chi connectivity index (χ0n) is 29.3. The van der Waals surface area contributed by atoms with Crippen molar-refractivity contribution in [2.45, 2.75) is 105 Å². The number of nitrogens with one attached hydrogen (secondary N) is 2. The van der Waals surface area contributed by atoms with E-state index in [0.29, 0.717) is 35.9 Å². The summed E-state index contributed by atoms with van der Waals surface area (Å²) in [4.78, 5) is 74.2. The molecule has 4 aliphatic rings. The SMILES string of the molecule is COC(=O)c1cc(OC2CC3C(=O)N[C@]4(C(=O)OC)CC4/C=C\CCCCC[C@H](NC(=O)OC4CCCC4)C(=O)N3C2)c2cccc(SC)c2n1. The van der Waals surface area contributed by atoms with Crippen molar-refractivity contribution in [2.24, 2.45) is 5.92 Å². The van der Waals surface area contributed by atoms with Crippen LogP contribution in [0.3, 0.4) is 0 Å². The molecule has 2 N–H and O–H groups in total. The van der Waals surface area contributed by atoms with E-state index in [4.69, 9.17) is 18.9 Å². The minimum Gasteiger partial charge on any atom is -0.488 e. The zero-order chi connectivity index (χ0) is 36.1. The summed E-state index contributed by atoms with van der Waals surface area (Å²) in [5, 5.41) is 6.42. The lowest BCUT2D eigenvalue weighted by Crippen LogP contribution is -2.56. The number of carbonyl (C=O) groups is 5. The monoisotopic (exact) mass is 722 g/mol. The number of nitrogens with zero attached hydrogens (tertiary/aromatic N) is 2. The molecule has 5 atom stereocenters. The number of allylic oxidation sites excluding steroid dienone is 1. The van der Waals surface area contributed by atoms with Crippen LogP contribution >= 0.6 is 11.8 Å². The Morgan fingerprint density at radius 3 is 2.55 bits per heavy atom. The van der Waals surface area contributed by atoms with Gasteiger partial charge in [0.2, 0.25) is 11.8 Å². The van der Waals surface area contributed by atoms with Crippen molar-refractivity contribution in [3.63, 3.8) is 0 Å². The first kappa shape index (κ1) is 36.5. The molecule has 13 nitrogen and oxygen atoms in total. The number of ether oxygens (including phenoxy) is 4. The maximum atomic E-state index is 14.5. The molecular formula is C37H46N4O9S. The fourth-order valence-corrected chi connectivity index (χ4v) is 8.05. The number of rotatable bonds is 7. The fraction of sp³-hybridized carbons (Fsp3) is 0.568. The molecule has 51 heavy (non-hydrogen) atoms. The van der Waals surface area contributed by atoms with Crippen LogP contribution in [-0.2, 0) is 28.6 Å². The van der Waals surface area contributed by atoms with Gasteiger partial charge in [-0.15, -0.1) is 11.8 Å². The van der Waals surface area contributed by atoms with Crippen LogP contribution in [0.15, 0.2) is 41.3 Å². The van der Waals surface area contributed by atoms with Crippen LogP contribution in [0, 0.1) is 5.92 Å². The van der Waals surface area contributed by atoms with E-state index in [1.54, 1.807) is 0 Å². The third-order valence-corrected chi connectivity index (χ3v) is 11.1. The highest BCUT2D eigenvalue weighted by molar-refractivity contribution is 7.98. The Morgan fingerprint density at radius 1 is 1.02 bits per heavy atom. The quantitative estimate of drug-likeness (QED) is 0.176. The molecule has 2 aromatic rings. The van der Waals surface area contributed by atoms with E-state index in [-0.39, 0.29) is 30.7 Å². The highest BCUT2D eigenvalue weighted by Gasteiger charge is 2.62. The van der Waals surface area contributed by atoms with E-state index in [1.165, 1.54) is 36.9 Å². The van der Waals surface area contributed by atoms with Crippen LogP contribution in [-0.4, -0.2) is 96.6 Å². The van der Waals surface area contributed by atoms with Gasteiger partial charge in [-0.25, -0.2) is 19.4 Å². The number of amides is 3. The molecule has 274 valence electrons. The molecule has 1 aromatic carbocycles. The number of thioether (sulfide) groups is 1. The first-order valence-electron chi connectivity index (χ1n) is 17.7. The van der Waals surface area contributed by atoms with Crippen molar-refractivity contribution >= 4 is 52.5 Å². The number of esters is 2. The van der Waals surface area contributed by atoms with E-state index < -0.39 is 53.6 Å². The molecule has 3 fully saturated rings. The lowest BCUT2D eigenvalue weighted by molar-refractivity contribution is -0.148. The number of hydrogen-bond donors (Lipinski definition) is 2. The molecule has 3 amide bonds. The molecular weight excluding hydrogens is 676 g/mol. The molecule has 3 unspecified atom stereocenters. The van der Waals surface area contributed by atoms with Gasteiger partial charge < -0.3 is 34.5 Å². The van der Waals surface area contributed by atoms with E-state index in [1.807, 2.05) is 36.6 Å². The normalized spacial score (nSPS) is 27.6. The van der Waals surface area contributed by atoms with E-state index in [2.05, 4.69) is 15.6 Å². The number of fused-ring (bicyclic) bond motifs is 3. The number of aromatic nitrogens is 1. The van der Waals surface area contributed by atoms with Gasteiger partial charge in [-0.2, -0.15) is 0 Å². The van der Waals surface area contributed by atoms with Crippen molar-refractivity contribution in [3.8, 4) is 5.75 Å². The van der Waals surface area contributed by atoms with E-state index >= 15 is 0 Å². The number of alkyl carbamates (subject to hydrolysis) is 1. The number of carbonyl (C=O) groups excluding carboxylic acids is 5. The minimum absolute atomic E-state index is 0.0148. The molecule has 0 spiro atoms. The van der Waals surface area contributed by atoms with Crippen LogP contribution < -0.4 is 15.4 Å². The van der Waals surface area contributed by atoms with Crippen molar-refractivity contribution in [1.29, 1.82) is 0 Å². The molecule has 6 rings (SSSR count). The summed E-state index contributed by atoms with van der Waals surface area (Å²) >= 11 is 1.47. The topological polar surface area (TPSA) is 162 Å². The summed E-state index contributed by atoms with van der Waals surface area (Å²) in [6.07, 6.45) is 11.9. The Balaban J connectivity index is 1.32. The average Bonchev–Trinajstić information content (AvgIpc) is 3.41. The lowest BCUT2D eigenvalue weighted by atomic mass is 10.0. The first-order valence-corrected chi connectivity index (χ1v) is 19.0. The molecule has 14 heteroatoms. The fourth-order valence-electron chi connectivity index (χ4n) is 7.49. The number of methoxy groups -OCH3 is 2. The Bertz CT molecular complexity index is 1700. The Kier molecular flexibility index (Phi) is 11.4. The largest absolute Gasteiger partial charge is 0.488 e. The summed E-state index contributed by atoms with van der Waals surface area (Å²) in [6.45, 7) is 0.0148.